The number of thiophene rings is 1. The lowest BCUT2D eigenvalue weighted by molar-refractivity contribution is 0.559. The summed E-state index contributed by atoms with van der Waals surface area (Å²) in [6.45, 7) is 4.03. The highest BCUT2D eigenvalue weighted by Crippen LogP contribution is 2.28. The molecular formula is C19H16N2O3S2. The van der Waals surface area contributed by atoms with E-state index in [2.05, 4.69) is 4.98 Å². The number of nitrogens with zero attached hydrogens (tertiary/aromatic N) is 2. The predicted molar refractivity (Wildman–Crippen MR) is 106 cm³/mol. The van der Waals surface area contributed by atoms with Crippen LogP contribution in [0.2, 0.25) is 0 Å². The van der Waals surface area contributed by atoms with Crippen molar-refractivity contribution in [1.29, 1.82) is 0 Å². The van der Waals surface area contributed by atoms with Crippen LogP contribution in [0.4, 0.5) is 0 Å². The molecule has 4 aromatic rings. The lowest BCUT2D eigenvalue weighted by Gasteiger charge is -2.10. The molecule has 0 spiro atoms. The van der Waals surface area contributed by atoms with Gasteiger partial charge in [0.25, 0.3) is 5.56 Å². The predicted octanol–water partition coefficient (Wildman–Crippen LogP) is 4.01. The molecule has 5 nitrogen and oxygen atoms in total. The summed E-state index contributed by atoms with van der Waals surface area (Å²) in [7, 11) is 1.72. The highest BCUT2D eigenvalue weighted by Gasteiger charge is 2.12. The molecule has 0 amide bonds. The van der Waals surface area contributed by atoms with Crippen molar-refractivity contribution in [1.82, 2.24) is 9.55 Å². The van der Waals surface area contributed by atoms with Gasteiger partial charge in [0.15, 0.2) is 5.16 Å². The fraction of sp³-hybridized carbons (Fsp3) is 0.211. The Morgan fingerprint density at radius 3 is 2.77 bits per heavy atom. The third-order valence-corrected chi connectivity index (χ3v) is 6.42. The molecule has 1 aromatic carbocycles. The third kappa shape index (κ3) is 2.87. The number of hydrogen-bond acceptors (Lipinski definition) is 6. The molecule has 0 saturated carbocycles. The number of thioether (sulfide) groups is 1. The Balaban J connectivity index is 1.77. The van der Waals surface area contributed by atoms with Crippen LogP contribution in [-0.2, 0) is 12.8 Å². The summed E-state index contributed by atoms with van der Waals surface area (Å²) in [6.07, 6.45) is 0. The number of benzene rings is 1. The second-order valence-electron chi connectivity index (χ2n) is 6.21. The Morgan fingerprint density at radius 1 is 1.19 bits per heavy atom. The van der Waals surface area contributed by atoms with Gasteiger partial charge in [-0.3, -0.25) is 9.36 Å². The molecule has 0 aliphatic rings. The average molecular weight is 384 g/mol. The summed E-state index contributed by atoms with van der Waals surface area (Å²) in [5, 5.41) is 3.42. The molecule has 7 heteroatoms. The first-order chi connectivity index (χ1) is 12.4. The molecule has 0 fully saturated rings. The standard InChI is InChI=1S/C19H16N2O3S2/c1-10-6-13-12(8-16(22)24-15(13)7-11(10)2)9-26-19-20-14-4-5-25-17(14)18(23)21(19)3/h4-8H,9H2,1-3H3. The number of aromatic nitrogens is 2. The summed E-state index contributed by atoms with van der Waals surface area (Å²) >= 11 is 2.84. The SMILES string of the molecule is Cc1cc2oc(=O)cc(CSc3nc4ccsc4c(=O)n3C)c2cc1C. The van der Waals surface area contributed by atoms with Crippen LogP contribution >= 0.6 is 23.1 Å². The van der Waals surface area contributed by atoms with E-state index >= 15 is 0 Å². The third-order valence-electron chi connectivity index (χ3n) is 4.45. The topological polar surface area (TPSA) is 65.1 Å². The van der Waals surface area contributed by atoms with Crippen LogP contribution in [0.25, 0.3) is 21.2 Å². The molecule has 0 aliphatic carbocycles. The molecule has 3 heterocycles. The van der Waals surface area contributed by atoms with Crippen LogP contribution in [0.15, 0.2) is 48.8 Å². The van der Waals surface area contributed by atoms with Crippen molar-refractivity contribution in [3.63, 3.8) is 0 Å². The molecule has 0 unspecified atom stereocenters. The summed E-state index contributed by atoms with van der Waals surface area (Å²) < 4.78 is 7.57. The van der Waals surface area contributed by atoms with E-state index in [0.29, 0.717) is 26.7 Å². The van der Waals surface area contributed by atoms with Crippen molar-refractivity contribution in [2.75, 3.05) is 0 Å². The Kier molecular flexibility index (Phi) is 4.20. The second kappa shape index (κ2) is 6.41. The molecule has 0 radical (unpaired) electrons. The monoisotopic (exact) mass is 384 g/mol. The van der Waals surface area contributed by atoms with E-state index in [-0.39, 0.29) is 11.2 Å². The molecule has 0 aliphatic heterocycles. The summed E-state index contributed by atoms with van der Waals surface area (Å²) in [5.41, 5.74) is 3.99. The van der Waals surface area contributed by atoms with E-state index in [4.69, 9.17) is 4.42 Å². The van der Waals surface area contributed by atoms with Crippen molar-refractivity contribution in [3.05, 3.63) is 67.1 Å². The van der Waals surface area contributed by atoms with E-state index in [1.807, 2.05) is 37.4 Å². The molecule has 132 valence electrons. The van der Waals surface area contributed by atoms with Crippen molar-refractivity contribution < 1.29 is 4.42 Å². The Morgan fingerprint density at radius 2 is 1.96 bits per heavy atom. The van der Waals surface area contributed by atoms with Gasteiger partial charge in [-0.1, -0.05) is 11.8 Å². The lowest BCUT2D eigenvalue weighted by atomic mass is 10.0. The first kappa shape index (κ1) is 17.1. The van der Waals surface area contributed by atoms with Gasteiger partial charge in [-0.2, -0.15) is 0 Å². The largest absolute Gasteiger partial charge is 0.423 e. The van der Waals surface area contributed by atoms with Crippen molar-refractivity contribution in [2.45, 2.75) is 24.8 Å². The maximum Gasteiger partial charge on any atom is 0.336 e. The molecular weight excluding hydrogens is 368 g/mol. The van der Waals surface area contributed by atoms with Crippen LogP contribution in [-0.4, -0.2) is 9.55 Å². The average Bonchev–Trinajstić information content (AvgIpc) is 3.07. The molecule has 0 N–H and O–H groups in total. The van der Waals surface area contributed by atoms with Crippen LogP contribution < -0.4 is 11.2 Å². The van der Waals surface area contributed by atoms with Crippen molar-refractivity contribution in [3.8, 4) is 0 Å². The Labute approximate surface area is 157 Å². The number of hydrogen-bond donors (Lipinski definition) is 0. The van der Waals surface area contributed by atoms with Gasteiger partial charge < -0.3 is 4.42 Å². The minimum absolute atomic E-state index is 0.0450. The van der Waals surface area contributed by atoms with E-state index in [1.54, 1.807) is 11.6 Å². The maximum absolute atomic E-state index is 12.4. The quantitative estimate of drug-likeness (QED) is 0.303. The van der Waals surface area contributed by atoms with Crippen molar-refractivity contribution >= 4 is 44.3 Å². The normalized spacial score (nSPS) is 11.5. The molecule has 0 saturated heterocycles. The zero-order chi connectivity index (χ0) is 18.4. The molecule has 26 heavy (non-hydrogen) atoms. The van der Waals surface area contributed by atoms with E-state index in [1.165, 1.54) is 29.2 Å². The van der Waals surface area contributed by atoms with Gasteiger partial charge >= 0.3 is 5.63 Å². The van der Waals surface area contributed by atoms with Crippen LogP contribution in [0, 0.1) is 13.8 Å². The minimum atomic E-state index is -0.369. The fourth-order valence-electron chi connectivity index (χ4n) is 2.84. The Hall–Kier alpha value is -2.38. The van der Waals surface area contributed by atoms with E-state index in [9.17, 15) is 9.59 Å². The maximum atomic E-state index is 12.4. The first-order valence-electron chi connectivity index (χ1n) is 8.05. The summed E-state index contributed by atoms with van der Waals surface area (Å²) in [6, 6.07) is 7.30. The number of rotatable bonds is 3. The molecule has 0 bridgehead atoms. The Bertz CT molecular complexity index is 1270. The smallest absolute Gasteiger partial charge is 0.336 e. The van der Waals surface area contributed by atoms with Gasteiger partial charge in [0, 0.05) is 24.3 Å². The fourth-order valence-corrected chi connectivity index (χ4v) is 4.61. The van der Waals surface area contributed by atoms with Gasteiger partial charge in [0.05, 0.1) is 5.52 Å². The van der Waals surface area contributed by atoms with Crippen LogP contribution in [0.1, 0.15) is 16.7 Å². The van der Waals surface area contributed by atoms with Gasteiger partial charge in [-0.15, -0.1) is 11.3 Å². The van der Waals surface area contributed by atoms with E-state index < -0.39 is 0 Å². The zero-order valence-corrected chi connectivity index (χ0v) is 16.2. The van der Waals surface area contributed by atoms with Crippen LogP contribution in [0.3, 0.4) is 0 Å². The first-order valence-corrected chi connectivity index (χ1v) is 9.91. The molecule has 3 aromatic heterocycles. The number of aryl methyl sites for hydroxylation is 2. The highest BCUT2D eigenvalue weighted by atomic mass is 32.2. The second-order valence-corrected chi connectivity index (χ2v) is 8.06. The van der Waals surface area contributed by atoms with Crippen molar-refractivity contribution in [2.24, 2.45) is 7.05 Å². The van der Waals surface area contributed by atoms with Gasteiger partial charge in [-0.25, -0.2) is 9.78 Å². The van der Waals surface area contributed by atoms with Gasteiger partial charge in [-0.05, 0) is 54.1 Å². The lowest BCUT2D eigenvalue weighted by Crippen LogP contribution is -2.18. The minimum Gasteiger partial charge on any atom is -0.423 e. The number of fused-ring (bicyclic) bond motifs is 2. The van der Waals surface area contributed by atoms with E-state index in [0.717, 1.165) is 22.1 Å². The highest BCUT2D eigenvalue weighted by molar-refractivity contribution is 7.98. The molecule has 0 atom stereocenters. The summed E-state index contributed by atoms with van der Waals surface area (Å²) in [5.74, 6) is 0.528. The zero-order valence-electron chi connectivity index (χ0n) is 14.5. The summed E-state index contributed by atoms with van der Waals surface area (Å²) in [4.78, 5) is 28.9. The van der Waals surface area contributed by atoms with Gasteiger partial charge in [0.2, 0.25) is 0 Å². The van der Waals surface area contributed by atoms with Crippen LogP contribution in [0.5, 0.6) is 0 Å². The molecule has 4 rings (SSSR count). The van der Waals surface area contributed by atoms with Gasteiger partial charge in [0.1, 0.15) is 10.3 Å².